The van der Waals surface area contributed by atoms with Crippen molar-refractivity contribution in [1.82, 2.24) is 5.32 Å². The summed E-state index contributed by atoms with van der Waals surface area (Å²) >= 11 is 0. The molecule has 0 saturated carbocycles. The highest BCUT2D eigenvalue weighted by Gasteiger charge is 2.18. The summed E-state index contributed by atoms with van der Waals surface area (Å²) < 4.78 is 25.9. The fourth-order valence-electron chi connectivity index (χ4n) is 1.02. The number of primary amides is 1. The Labute approximate surface area is 90.4 Å². The fourth-order valence-corrected chi connectivity index (χ4v) is 1.02. The third kappa shape index (κ3) is 2.53. The Morgan fingerprint density at radius 1 is 1.38 bits per heavy atom. The Balaban J connectivity index is 2.89. The molecule has 0 aliphatic carbocycles. The maximum Gasteiger partial charge on any atom is 0.255 e. The van der Waals surface area contributed by atoms with Gasteiger partial charge in [0.1, 0.15) is 6.04 Å². The summed E-state index contributed by atoms with van der Waals surface area (Å²) in [5.41, 5.74) is 4.44. The first-order valence-electron chi connectivity index (χ1n) is 4.47. The number of nitrogens with two attached hydrogens (primary N) is 1. The van der Waals surface area contributed by atoms with Crippen LogP contribution < -0.4 is 11.1 Å². The largest absolute Gasteiger partial charge is 0.368 e. The Hall–Kier alpha value is -1.98. The molecule has 1 rings (SSSR count). The van der Waals surface area contributed by atoms with Crippen molar-refractivity contribution in [2.45, 2.75) is 13.0 Å². The molecule has 0 heterocycles. The molecule has 2 amide bonds. The van der Waals surface area contributed by atoms with Gasteiger partial charge in [0.05, 0.1) is 5.56 Å². The molecule has 1 aromatic carbocycles. The third-order valence-corrected chi connectivity index (χ3v) is 1.97. The lowest BCUT2D eigenvalue weighted by atomic mass is 10.2. The van der Waals surface area contributed by atoms with E-state index >= 15 is 0 Å². The highest BCUT2D eigenvalue weighted by atomic mass is 19.2. The minimum absolute atomic E-state index is 0.465. The number of benzene rings is 1. The summed E-state index contributed by atoms with van der Waals surface area (Å²) in [5, 5.41) is 2.14. The minimum Gasteiger partial charge on any atom is -0.368 e. The molecule has 0 bridgehead atoms. The second-order valence-corrected chi connectivity index (χ2v) is 3.20. The molecule has 6 heteroatoms. The molecule has 0 saturated heterocycles. The molecule has 0 spiro atoms. The van der Waals surface area contributed by atoms with E-state index in [1.807, 2.05) is 0 Å². The highest BCUT2D eigenvalue weighted by Crippen LogP contribution is 2.11. The van der Waals surface area contributed by atoms with E-state index in [9.17, 15) is 18.4 Å². The van der Waals surface area contributed by atoms with Gasteiger partial charge in [-0.3, -0.25) is 9.59 Å². The van der Waals surface area contributed by atoms with Crippen LogP contribution >= 0.6 is 0 Å². The standard InChI is InChI=1S/C10H10F2N2O2/c1-5(9(13)15)14-10(16)6-3-2-4-7(11)8(6)12/h2-5H,1H3,(H2,13,15)(H,14,16). The number of carbonyl (C=O) groups is 2. The van der Waals surface area contributed by atoms with Crippen molar-refractivity contribution in [3.8, 4) is 0 Å². The Bertz CT molecular complexity index is 435. The molecule has 1 aromatic rings. The van der Waals surface area contributed by atoms with Crippen molar-refractivity contribution in [3.05, 3.63) is 35.4 Å². The van der Waals surface area contributed by atoms with Gasteiger partial charge in [-0.1, -0.05) is 6.07 Å². The van der Waals surface area contributed by atoms with E-state index in [2.05, 4.69) is 5.32 Å². The Morgan fingerprint density at radius 3 is 2.56 bits per heavy atom. The van der Waals surface area contributed by atoms with E-state index in [1.165, 1.54) is 13.0 Å². The minimum atomic E-state index is -1.25. The van der Waals surface area contributed by atoms with Gasteiger partial charge in [0.25, 0.3) is 5.91 Å². The zero-order valence-electron chi connectivity index (χ0n) is 8.46. The summed E-state index contributed by atoms with van der Waals surface area (Å²) in [5.74, 6) is -4.02. The molecule has 1 atom stereocenters. The summed E-state index contributed by atoms with van der Waals surface area (Å²) in [6.07, 6.45) is 0. The van der Waals surface area contributed by atoms with E-state index < -0.39 is 35.1 Å². The van der Waals surface area contributed by atoms with Gasteiger partial charge in [-0.05, 0) is 19.1 Å². The van der Waals surface area contributed by atoms with Crippen molar-refractivity contribution >= 4 is 11.8 Å². The number of nitrogens with one attached hydrogen (secondary N) is 1. The van der Waals surface area contributed by atoms with E-state index in [0.717, 1.165) is 12.1 Å². The van der Waals surface area contributed by atoms with Crippen LogP contribution in [0.15, 0.2) is 18.2 Å². The Morgan fingerprint density at radius 2 is 2.00 bits per heavy atom. The van der Waals surface area contributed by atoms with Crippen LogP contribution in [-0.2, 0) is 4.79 Å². The number of hydrogen-bond donors (Lipinski definition) is 2. The van der Waals surface area contributed by atoms with Crippen LogP contribution in [-0.4, -0.2) is 17.9 Å². The second-order valence-electron chi connectivity index (χ2n) is 3.20. The first kappa shape index (κ1) is 12.1. The number of amides is 2. The first-order valence-corrected chi connectivity index (χ1v) is 4.47. The zero-order chi connectivity index (χ0) is 12.3. The maximum absolute atomic E-state index is 13.2. The number of hydrogen-bond acceptors (Lipinski definition) is 2. The summed E-state index contributed by atoms with van der Waals surface area (Å²) in [6, 6.07) is 2.25. The SMILES string of the molecule is CC(NC(=O)c1cccc(F)c1F)C(N)=O. The summed E-state index contributed by atoms with van der Waals surface area (Å²) in [7, 11) is 0. The predicted octanol–water partition coefficient (Wildman–Crippen LogP) is 0.568. The monoisotopic (exact) mass is 228 g/mol. The van der Waals surface area contributed by atoms with Gasteiger partial charge in [-0.2, -0.15) is 0 Å². The van der Waals surface area contributed by atoms with Gasteiger partial charge in [0, 0.05) is 0 Å². The second kappa shape index (κ2) is 4.69. The molecule has 0 radical (unpaired) electrons. The molecule has 0 aliphatic heterocycles. The van der Waals surface area contributed by atoms with Gasteiger partial charge in [-0.15, -0.1) is 0 Å². The molecule has 3 N–H and O–H groups in total. The predicted molar refractivity (Wildman–Crippen MR) is 52.5 cm³/mol. The van der Waals surface area contributed by atoms with Crippen LogP contribution in [0, 0.1) is 11.6 Å². The number of rotatable bonds is 3. The van der Waals surface area contributed by atoms with E-state index in [0.29, 0.717) is 0 Å². The van der Waals surface area contributed by atoms with Crippen molar-refractivity contribution in [1.29, 1.82) is 0 Å². The summed E-state index contributed by atoms with van der Waals surface area (Å²) in [6.45, 7) is 1.34. The molecule has 0 aromatic heterocycles. The highest BCUT2D eigenvalue weighted by molar-refractivity contribution is 5.97. The van der Waals surface area contributed by atoms with E-state index in [1.54, 1.807) is 0 Å². The fraction of sp³-hybridized carbons (Fsp3) is 0.200. The van der Waals surface area contributed by atoms with Crippen LogP contribution in [0.5, 0.6) is 0 Å². The molecule has 0 fully saturated rings. The average Bonchev–Trinajstić information content (AvgIpc) is 2.21. The smallest absolute Gasteiger partial charge is 0.255 e. The summed E-state index contributed by atoms with van der Waals surface area (Å²) in [4.78, 5) is 22.1. The normalized spacial score (nSPS) is 11.9. The van der Waals surface area contributed by atoms with Crippen LogP contribution in [0.4, 0.5) is 8.78 Å². The van der Waals surface area contributed by atoms with Gasteiger partial charge in [0.2, 0.25) is 5.91 Å². The maximum atomic E-state index is 13.2. The molecule has 0 aliphatic rings. The molecule has 86 valence electrons. The van der Waals surface area contributed by atoms with Crippen LogP contribution in [0.1, 0.15) is 17.3 Å². The van der Waals surface area contributed by atoms with Gasteiger partial charge in [-0.25, -0.2) is 8.78 Å². The number of halogens is 2. The average molecular weight is 228 g/mol. The van der Waals surface area contributed by atoms with Gasteiger partial charge in [0.15, 0.2) is 11.6 Å². The van der Waals surface area contributed by atoms with Gasteiger partial charge < -0.3 is 11.1 Å². The lowest BCUT2D eigenvalue weighted by Crippen LogP contribution is -2.42. The van der Waals surface area contributed by atoms with Gasteiger partial charge >= 0.3 is 0 Å². The van der Waals surface area contributed by atoms with Crippen molar-refractivity contribution in [2.75, 3.05) is 0 Å². The molecule has 1 unspecified atom stereocenters. The lowest BCUT2D eigenvalue weighted by Gasteiger charge is -2.10. The first-order chi connectivity index (χ1) is 7.43. The Kier molecular flexibility index (Phi) is 3.55. The van der Waals surface area contributed by atoms with E-state index in [-0.39, 0.29) is 0 Å². The van der Waals surface area contributed by atoms with Crippen LogP contribution in [0.25, 0.3) is 0 Å². The van der Waals surface area contributed by atoms with Crippen molar-refractivity contribution in [3.63, 3.8) is 0 Å². The van der Waals surface area contributed by atoms with E-state index in [4.69, 9.17) is 5.73 Å². The van der Waals surface area contributed by atoms with Crippen LogP contribution in [0.3, 0.4) is 0 Å². The molecular weight excluding hydrogens is 218 g/mol. The zero-order valence-corrected chi connectivity index (χ0v) is 8.46. The third-order valence-electron chi connectivity index (χ3n) is 1.97. The van der Waals surface area contributed by atoms with Crippen molar-refractivity contribution < 1.29 is 18.4 Å². The lowest BCUT2D eigenvalue weighted by molar-refractivity contribution is -0.119. The topological polar surface area (TPSA) is 72.2 Å². The molecule has 4 nitrogen and oxygen atoms in total. The quantitative estimate of drug-likeness (QED) is 0.793. The van der Waals surface area contributed by atoms with Crippen molar-refractivity contribution in [2.24, 2.45) is 5.73 Å². The molecular formula is C10H10F2N2O2. The molecule has 16 heavy (non-hydrogen) atoms. The van der Waals surface area contributed by atoms with Crippen LogP contribution in [0.2, 0.25) is 0 Å². The number of carbonyl (C=O) groups excluding carboxylic acids is 2.